The van der Waals surface area contributed by atoms with E-state index in [0.717, 1.165) is 35.6 Å². The summed E-state index contributed by atoms with van der Waals surface area (Å²) >= 11 is 0. The quantitative estimate of drug-likeness (QED) is 0.412. The molecule has 8 heteroatoms. The summed E-state index contributed by atoms with van der Waals surface area (Å²) in [6, 6.07) is 14.9. The fraction of sp³-hybridized carbons (Fsp3) is 0.233. The first-order chi connectivity index (χ1) is 18.3. The zero-order chi connectivity index (χ0) is 26.6. The molecule has 3 aromatic rings. The largest absolute Gasteiger partial charge is 0.481 e. The Morgan fingerprint density at radius 3 is 2.66 bits per heavy atom. The molecule has 8 nitrogen and oxygen atoms in total. The minimum absolute atomic E-state index is 0.154. The number of carboxylic acids is 1. The number of hydrogen-bond donors (Lipinski definition) is 2. The molecule has 2 atom stereocenters. The lowest BCUT2D eigenvalue weighted by Gasteiger charge is -2.38. The number of amides is 2. The Balaban J connectivity index is 1.62. The molecule has 190 valence electrons. The third kappa shape index (κ3) is 3.55. The maximum atomic E-state index is 13.2. The molecule has 1 heterocycles. The zero-order valence-electron chi connectivity index (χ0n) is 20.7. The highest BCUT2D eigenvalue weighted by molar-refractivity contribution is 5.97. The molecule has 2 N–H and O–H groups in total. The van der Waals surface area contributed by atoms with Crippen LogP contribution in [0.15, 0.2) is 59.6 Å². The van der Waals surface area contributed by atoms with E-state index in [-0.39, 0.29) is 5.69 Å². The summed E-state index contributed by atoms with van der Waals surface area (Å²) < 4.78 is 0. The number of fused-ring (bicyclic) bond motifs is 5. The first-order valence-corrected chi connectivity index (χ1v) is 12.6. The van der Waals surface area contributed by atoms with Crippen LogP contribution in [0.3, 0.4) is 0 Å². The number of carbonyl (C=O) groups excluding carboxylic acids is 1. The van der Waals surface area contributed by atoms with Gasteiger partial charge in [-0.2, -0.15) is 0 Å². The zero-order valence-corrected chi connectivity index (χ0v) is 20.7. The van der Waals surface area contributed by atoms with Crippen molar-refractivity contribution in [2.45, 2.75) is 38.6 Å². The van der Waals surface area contributed by atoms with Gasteiger partial charge in [0.05, 0.1) is 11.0 Å². The van der Waals surface area contributed by atoms with Crippen molar-refractivity contribution in [3.05, 3.63) is 108 Å². The molecule has 0 bridgehead atoms. The number of non-ortho nitro benzene ring substituents is 1. The van der Waals surface area contributed by atoms with Gasteiger partial charge >= 0.3 is 12.0 Å². The second-order valence-electron chi connectivity index (χ2n) is 10.2. The first kappa shape index (κ1) is 23.8. The van der Waals surface area contributed by atoms with Crippen LogP contribution in [0.1, 0.15) is 48.1 Å². The normalized spacial score (nSPS) is 18.9. The van der Waals surface area contributed by atoms with Crippen LogP contribution in [-0.2, 0) is 17.6 Å². The van der Waals surface area contributed by atoms with Crippen LogP contribution in [0.4, 0.5) is 10.5 Å². The van der Waals surface area contributed by atoms with Crippen molar-refractivity contribution in [1.82, 2.24) is 5.32 Å². The average Bonchev–Trinajstić information content (AvgIpc) is 3.10. The molecule has 1 aliphatic heterocycles. The fourth-order valence-corrected chi connectivity index (χ4v) is 6.29. The van der Waals surface area contributed by atoms with Crippen molar-refractivity contribution in [2.24, 2.45) is 10.4 Å². The summed E-state index contributed by atoms with van der Waals surface area (Å²) in [5.41, 5.74) is 2.27. The second kappa shape index (κ2) is 8.76. The number of nitro benzene ring substituents is 1. The molecule has 3 aromatic carbocycles. The van der Waals surface area contributed by atoms with E-state index in [9.17, 15) is 24.8 Å². The van der Waals surface area contributed by atoms with Crippen LogP contribution in [0.25, 0.3) is 11.6 Å². The van der Waals surface area contributed by atoms with Crippen LogP contribution in [0.2, 0.25) is 0 Å². The highest BCUT2D eigenvalue weighted by Crippen LogP contribution is 2.46. The highest BCUT2D eigenvalue weighted by atomic mass is 16.6. The average molecular weight is 508 g/mol. The minimum atomic E-state index is -1.52. The van der Waals surface area contributed by atoms with Crippen molar-refractivity contribution in [1.29, 1.82) is 0 Å². The standard InChI is InChI=1S/C30H25N3O5/c1-30(28(34)35,27-21-12-10-19(33(37)38)15-18(21)16-31-29(36)32-27)26-8-4-7-22-24-11-9-17-5-2-3-6-20(17)23(24)13-14-25(22)26/h2-3,5-6,9-10,12-16,27H,4,7-8,11H2,1H3,(H,32,36)(H,34,35). The molecule has 0 fully saturated rings. The molecule has 3 aliphatic rings. The van der Waals surface area contributed by atoms with Gasteiger partial charge in [0.1, 0.15) is 5.41 Å². The number of urea groups is 1. The Hall–Kier alpha value is -4.59. The number of carbonyl (C=O) groups is 2. The lowest BCUT2D eigenvalue weighted by Crippen LogP contribution is -2.46. The Labute approximate surface area is 217 Å². The summed E-state index contributed by atoms with van der Waals surface area (Å²) in [4.78, 5) is 40.5. The molecule has 0 radical (unpaired) electrons. The topological polar surface area (TPSA) is 122 Å². The van der Waals surface area contributed by atoms with Crippen molar-refractivity contribution < 1.29 is 19.6 Å². The number of hydrogen-bond acceptors (Lipinski definition) is 4. The number of rotatable bonds is 4. The first-order valence-electron chi connectivity index (χ1n) is 12.6. The third-order valence-electron chi connectivity index (χ3n) is 8.22. The van der Waals surface area contributed by atoms with Crippen LogP contribution in [0.5, 0.6) is 0 Å². The number of nitrogens with zero attached hydrogens (tertiary/aromatic N) is 2. The summed E-state index contributed by atoms with van der Waals surface area (Å²) in [6.45, 7) is 1.64. The van der Waals surface area contributed by atoms with E-state index in [1.165, 1.54) is 45.6 Å². The van der Waals surface area contributed by atoms with Gasteiger partial charge in [-0.15, -0.1) is 0 Å². The van der Waals surface area contributed by atoms with Crippen molar-refractivity contribution >= 4 is 35.6 Å². The van der Waals surface area contributed by atoms with Crippen LogP contribution in [0, 0.1) is 26.0 Å². The van der Waals surface area contributed by atoms with Gasteiger partial charge in [-0.05, 0) is 81.8 Å². The highest BCUT2D eigenvalue weighted by Gasteiger charge is 2.48. The second-order valence-corrected chi connectivity index (χ2v) is 10.2. The van der Waals surface area contributed by atoms with Gasteiger partial charge in [0.15, 0.2) is 0 Å². The smallest absolute Gasteiger partial charge is 0.341 e. The summed E-state index contributed by atoms with van der Waals surface area (Å²) in [5, 5.41) is 29.4. The number of aliphatic imine (C=N–C) groups is 1. The molecular formula is C30H25N3O5. The van der Waals surface area contributed by atoms with E-state index >= 15 is 0 Å². The minimum Gasteiger partial charge on any atom is -0.481 e. The van der Waals surface area contributed by atoms with E-state index < -0.39 is 28.4 Å². The van der Waals surface area contributed by atoms with E-state index in [1.54, 1.807) is 6.92 Å². The molecule has 2 amide bonds. The lowest BCUT2D eigenvalue weighted by molar-refractivity contribution is -0.384. The molecule has 0 saturated carbocycles. The molecular weight excluding hydrogens is 482 g/mol. The fourth-order valence-electron chi connectivity index (χ4n) is 6.29. The Morgan fingerprint density at radius 1 is 1.08 bits per heavy atom. The van der Waals surface area contributed by atoms with Gasteiger partial charge in [0.25, 0.3) is 5.69 Å². The van der Waals surface area contributed by atoms with Gasteiger partial charge in [-0.3, -0.25) is 14.9 Å². The van der Waals surface area contributed by atoms with Gasteiger partial charge < -0.3 is 10.4 Å². The van der Waals surface area contributed by atoms with Gasteiger partial charge in [0, 0.05) is 23.9 Å². The van der Waals surface area contributed by atoms with Gasteiger partial charge in [0.2, 0.25) is 0 Å². The predicted molar refractivity (Wildman–Crippen MR) is 142 cm³/mol. The molecule has 0 spiro atoms. The SMILES string of the molecule is CC(C(=O)O)(C1=c2ccc3c(c2CCC1)CC=c1ccccc1=3)C1NC(=O)N=Cc2cc([N+](=O)[O-])ccc21. The van der Waals surface area contributed by atoms with Crippen LogP contribution >= 0.6 is 0 Å². The summed E-state index contributed by atoms with van der Waals surface area (Å²) in [5.74, 6) is -1.08. The Morgan fingerprint density at radius 2 is 1.87 bits per heavy atom. The Bertz CT molecular complexity index is 1810. The maximum Gasteiger partial charge on any atom is 0.341 e. The Kier molecular flexibility index (Phi) is 5.48. The molecule has 6 rings (SSSR count). The monoisotopic (exact) mass is 507 g/mol. The molecule has 2 unspecified atom stereocenters. The summed E-state index contributed by atoms with van der Waals surface area (Å²) in [7, 11) is 0. The van der Waals surface area contributed by atoms with E-state index in [2.05, 4.69) is 34.6 Å². The number of benzene rings is 3. The molecule has 38 heavy (non-hydrogen) atoms. The van der Waals surface area contributed by atoms with Crippen molar-refractivity contribution in [3.63, 3.8) is 0 Å². The van der Waals surface area contributed by atoms with E-state index in [1.807, 2.05) is 18.2 Å². The number of carboxylic acid groups (broad SMARTS) is 1. The van der Waals surface area contributed by atoms with Crippen LogP contribution in [-0.4, -0.2) is 28.2 Å². The summed E-state index contributed by atoms with van der Waals surface area (Å²) in [6.07, 6.45) is 6.44. The van der Waals surface area contributed by atoms with Crippen molar-refractivity contribution in [3.8, 4) is 0 Å². The van der Waals surface area contributed by atoms with Crippen LogP contribution < -0.4 is 15.8 Å². The lowest BCUT2D eigenvalue weighted by atomic mass is 9.67. The van der Waals surface area contributed by atoms with Gasteiger partial charge in [-0.25, -0.2) is 9.79 Å². The number of nitro groups is 1. The predicted octanol–water partition coefficient (Wildman–Crippen LogP) is 3.68. The molecule has 0 aromatic heterocycles. The molecule has 0 saturated heterocycles. The third-order valence-corrected chi connectivity index (χ3v) is 8.22. The van der Waals surface area contributed by atoms with Gasteiger partial charge in [-0.1, -0.05) is 42.5 Å². The maximum absolute atomic E-state index is 13.2. The number of aliphatic carboxylic acids is 1. The van der Waals surface area contributed by atoms with E-state index in [4.69, 9.17) is 0 Å². The number of nitrogens with one attached hydrogen (secondary N) is 1. The van der Waals surface area contributed by atoms with Crippen molar-refractivity contribution in [2.75, 3.05) is 0 Å². The molecule has 2 aliphatic carbocycles. The van der Waals surface area contributed by atoms with E-state index in [0.29, 0.717) is 17.5 Å².